The maximum absolute atomic E-state index is 13.0. The summed E-state index contributed by atoms with van der Waals surface area (Å²) < 4.78 is 5.12. The molecule has 3 saturated heterocycles. The zero-order valence-electron chi connectivity index (χ0n) is 15.0. The number of piperazine rings is 1. The molecular weight excluding hydrogens is 308 g/mol. The number of amides is 3. The summed E-state index contributed by atoms with van der Waals surface area (Å²) in [4.78, 5) is 33.8. The summed E-state index contributed by atoms with van der Waals surface area (Å²) in [6.45, 7) is 6.75. The van der Waals surface area contributed by atoms with Gasteiger partial charge >= 0.3 is 6.03 Å². The Morgan fingerprint density at radius 3 is 2.54 bits per heavy atom. The van der Waals surface area contributed by atoms with Crippen molar-refractivity contribution in [2.24, 2.45) is 5.41 Å². The molecule has 0 unspecified atom stereocenters. The van der Waals surface area contributed by atoms with Gasteiger partial charge in [-0.3, -0.25) is 4.79 Å². The van der Waals surface area contributed by atoms with Crippen molar-refractivity contribution in [2.75, 3.05) is 73.1 Å². The zero-order valence-corrected chi connectivity index (χ0v) is 15.0. The average Bonchev–Trinajstić information content (AvgIpc) is 3.01. The minimum atomic E-state index is -0.353. The van der Waals surface area contributed by atoms with E-state index in [0.29, 0.717) is 26.2 Å². The molecule has 3 rings (SSSR count). The summed E-state index contributed by atoms with van der Waals surface area (Å²) in [7, 11) is 3.75. The molecule has 0 aromatic heterocycles. The van der Waals surface area contributed by atoms with Crippen molar-refractivity contribution in [3.05, 3.63) is 0 Å². The molecular formula is C17H30N4O3. The summed E-state index contributed by atoms with van der Waals surface area (Å²) in [5, 5.41) is 0. The number of ether oxygens (including phenoxy) is 1. The van der Waals surface area contributed by atoms with Gasteiger partial charge in [0.1, 0.15) is 0 Å². The second kappa shape index (κ2) is 7.27. The normalized spacial score (nSPS) is 28.9. The van der Waals surface area contributed by atoms with Crippen molar-refractivity contribution in [3.8, 4) is 0 Å². The van der Waals surface area contributed by atoms with E-state index < -0.39 is 0 Å². The number of rotatable bonds is 3. The fourth-order valence-electron chi connectivity index (χ4n) is 4.18. The molecule has 1 atom stereocenters. The van der Waals surface area contributed by atoms with Crippen molar-refractivity contribution in [1.29, 1.82) is 0 Å². The summed E-state index contributed by atoms with van der Waals surface area (Å²) >= 11 is 0. The van der Waals surface area contributed by atoms with Crippen LogP contribution in [0.5, 0.6) is 0 Å². The van der Waals surface area contributed by atoms with Crippen LogP contribution in [0.3, 0.4) is 0 Å². The molecule has 3 amide bonds. The third-order valence-electron chi connectivity index (χ3n) is 5.79. The Labute approximate surface area is 144 Å². The van der Waals surface area contributed by atoms with Crippen molar-refractivity contribution >= 4 is 11.9 Å². The lowest BCUT2D eigenvalue weighted by molar-refractivity contribution is -0.146. The molecule has 3 fully saturated rings. The van der Waals surface area contributed by atoms with Crippen molar-refractivity contribution in [3.63, 3.8) is 0 Å². The number of likely N-dealkylation sites (tertiary alicyclic amines) is 2. The number of hydrogen-bond acceptors (Lipinski definition) is 4. The van der Waals surface area contributed by atoms with Gasteiger partial charge in [0, 0.05) is 59.5 Å². The molecule has 0 aromatic carbocycles. The number of methoxy groups -OCH3 is 1. The molecule has 3 heterocycles. The number of likely N-dealkylation sites (N-methyl/N-ethyl adjacent to an activating group) is 1. The molecule has 24 heavy (non-hydrogen) atoms. The SMILES string of the molecule is COCCN1CCC[C@@]2(CCN(C(=O)N3CCN(C)CC3)C2)C1=O. The number of hydrogen-bond donors (Lipinski definition) is 0. The molecule has 0 saturated carbocycles. The van der Waals surface area contributed by atoms with Crippen molar-refractivity contribution in [1.82, 2.24) is 19.6 Å². The van der Waals surface area contributed by atoms with E-state index in [9.17, 15) is 9.59 Å². The Balaban J connectivity index is 1.61. The highest BCUT2D eigenvalue weighted by Gasteiger charge is 2.49. The zero-order chi connectivity index (χ0) is 17.2. The second-order valence-corrected chi connectivity index (χ2v) is 7.41. The molecule has 7 heteroatoms. The predicted octanol–water partition coefficient (Wildman–Crippen LogP) is 0.315. The van der Waals surface area contributed by atoms with Crippen LogP contribution in [-0.2, 0) is 9.53 Å². The van der Waals surface area contributed by atoms with E-state index >= 15 is 0 Å². The van der Waals surface area contributed by atoms with Crippen LogP contribution < -0.4 is 0 Å². The molecule has 3 aliphatic heterocycles. The lowest BCUT2D eigenvalue weighted by Crippen LogP contribution is -2.54. The van der Waals surface area contributed by atoms with Gasteiger partial charge in [0.15, 0.2) is 0 Å². The van der Waals surface area contributed by atoms with Gasteiger partial charge in [0.05, 0.1) is 12.0 Å². The Hall–Kier alpha value is -1.34. The molecule has 1 spiro atoms. The second-order valence-electron chi connectivity index (χ2n) is 7.41. The lowest BCUT2D eigenvalue weighted by atomic mass is 9.78. The molecule has 3 aliphatic rings. The smallest absolute Gasteiger partial charge is 0.320 e. The quantitative estimate of drug-likeness (QED) is 0.743. The van der Waals surface area contributed by atoms with E-state index in [4.69, 9.17) is 4.74 Å². The van der Waals surface area contributed by atoms with Gasteiger partial charge in [-0.2, -0.15) is 0 Å². The first-order valence-electron chi connectivity index (χ1n) is 9.06. The Morgan fingerprint density at radius 2 is 1.83 bits per heavy atom. The third-order valence-corrected chi connectivity index (χ3v) is 5.79. The van der Waals surface area contributed by atoms with Gasteiger partial charge in [-0.15, -0.1) is 0 Å². The number of carbonyl (C=O) groups is 2. The molecule has 0 radical (unpaired) electrons. The summed E-state index contributed by atoms with van der Waals surface area (Å²) in [5.41, 5.74) is -0.353. The lowest BCUT2D eigenvalue weighted by Gasteiger charge is -2.40. The van der Waals surface area contributed by atoms with Crippen molar-refractivity contribution < 1.29 is 14.3 Å². The van der Waals surface area contributed by atoms with Gasteiger partial charge in [-0.1, -0.05) is 0 Å². The first kappa shape index (κ1) is 17.5. The molecule has 0 aromatic rings. The summed E-state index contributed by atoms with van der Waals surface area (Å²) in [6, 6.07) is 0.113. The third kappa shape index (κ3) is 3.37. The van der Waals surface area contributed by atoms with Gasteiger partial charge < -0.3 is 24.3 Å². The van der Waals surface area contributed by atoms with E-state index in [1.807, 2.05) is 14.7 Å². The van der Waals surface area contributed by atoms with Crippen LogP contribution in [0, 0.1) is 5.41 Å². The highest BCUT2D eigenvalue weighted by molar-refractivity contribution is 5.86. The standard InChI is InChI=1S/C17H30N4O3/c1-18-8-10-20(11-9-18)16(23)21-7-5-17(14-21)4-3-6-19(15(17)22)12-13-24-2/h3-14H2,1-2H3/t17-/m0/s1. The Kier molecular flexibility index (Phi) is 5.30. The summed E-state index contributed by atoms with van der Waals surface area (Å²) in [6.07, 6.45) is 2.72. The van der Waals surface area contributed by atoms with Crippen LogP contribution in [0.1, 0.15) is 19.3 Å². The predicted molar refractivity (Wildman–Crippen MR) is 90.8 cm³/mol. The number of nitrogens with zero attached hydrogens (tertiary/aromatic N) is 4. The maximum Gasteiger partial charge on any atom is 0.320 e. The number of piperidine rings is 1. The molecule has 136 valence electrons. The fourth-order valence-corrected chi connectivity index (χ4v) is 4.18. The first-order chi connectivity index (χ1) is 11.6. The molecule has 7 nitrogen and oxygen atoms in total. The van der Waals surface area contributed by atoms with E-state index in [2.05, 4.69) is 11.9 Å². The van der Waals surface area contributed by atoms with E-state index in [1.54, 1.807) is 7.11 Å². The van der Waals surface area contributed by atoms with E-state index in [0.717, 1.165) is 52.0 Å². The Morgan fingerprint density at radius 1 is 1.08 bits per heavy atom. The van der Waals surface area contributed by atoms with Crippen LogP contribution in [0.4, 0.5) is 4.79 Å². The monoisotopic (exact) mass is 338 g/mol. The minimum absolute atomic E-state index is 0.113. The number of carbonyl (C=O) groups excluding carboxylic acids is 2. The average molecular weight is 338 g/mol. The van der Waals surface area contributed by atoms with E-state index in [-0.39, 0.29) is 17.4 Å². The van der Waals surface area contributed by atoms with E-state index in [1.165, 1.54) is 0 Å². The van der Waals surface area contributed by atoms with Crippen LogP contribution >= 0.6 is 0 Å². The van der Waals surface area contributed by atoms with Crippen molar-refractivity contribution in [2.45, 2.75) is 19.3 Å². The highest BCUT2D eigenvalue weighted by atomic mass is 16.5. The fraction of sp³-hybridized carbons (Fsp3) is 0.882. The van der Waals surface area contributed by atoms with Crippen LogP contribution in [-0.4, -0.2) is 105 Å². The largest absolute Gasteiger partial charge is 0.383 e. The first-order valence-corrected chi connectivity index (χ1v) is 9.06. The summed E-state index contributed by atoms with van der Waals surface area (Å²) in [5.74, 6) is 0.222. The molecule has 0 N–H and O–H groups in total. The minimum Gasteiger partial charge on any atom is -0.383 e. The molecule has 0 bridgehead atoms. The van der Waals surface area contributed by atoms with Gasteiger partial charge in [-0.05, 0) is 26.3 Å². The highest BCUT2D eigenvalue weighted by Crippen LogP contribution is 2.40. The van der Waals surface area contributed by atoms with Gasteiger partial charge in [0.25, 0.3) is 0 Å². The van der Waals surface area contributed by atoms with Crippen LogP contribution in [0.15, 0.2) is 0 Å². The molecule has 0 aliphatic carbocycles. The number of urea groups is 1. The Bertz CT molecular complexity index is 478. The van der Waals surface area contributed by atoms with Crippen LogP contribution in [0.2, 0.25) is 0 Å². The van der Waals surface area contributed by atoms with Gasteiger partial charge in [0.2, 0.25) is 5.91 Å². The topological polar surface area (TPSA) is 56.3 Å². The van der Waals surface area contributed by atoms with Crippen LogP contribution in [0.25, 0.3) is 0 Å². The maximum atomic E-state index is 13.0. The van der Waals surface area contributed by atoms with Gasteiger partial charge in [-0.25, -0.2) is 4.79 Å².